The first kappa shape index (κ1) is 35.0. The summed E-state index contributed by atoms with van der Waals surface area (Å²) in [6.07, 6.45) is -5.29. The Balaban J connectivity index is 1.99. The van der Waals surface area contributed by atoms with Crippen molar-refractivity contribution < 1.29 is 71.3 Å². The van der Waals surface area contributed by atoms with E-state index in [1.807, 2.05) is 6.92 Å². The highest BCUT2D eigenvalue weighted by Crippen LogP contribution is 2.39. The van der Waals surface area contributed by atoms with Crippen molar-refractivity contribution in [3.63, 3.8) is 0 Å². The standard InChI is InChI=1S/C29H40O15/c1-8-19-20(11-23-36-10-9-14(2)39-23)21(27(34)35-7)12-38-28(19)44-29-26(42-18(6)33)25(41-17(5)32)24(40-16(4)31)22(43-29)13-37-15(3)30/h8,12,14,19-20,22-26,28-29H,1,9-11,13H2,2-7H3/t14-,19-,20+,22-,23+,24-,25+,26-,28+,29+/m1/s1. The van der Waals surface area contributed by atoms with E-state index >= 15 is 0 Å². The molecule has 0 spiro atoms. The Labute approximate surface area is 255 Å². The summed E-state index contributed by atoms with van der Waals surface area (Å²) >= 11 is 0. The molecule has 0 N–H and O–H groups in total. The van der Waals surface area contributed by atoms with Crippen LogP contribution in [0.3, 0.4) is 0 Å². The van der Waals surface area contributed by atoms with Gasteiger partial charge in [-0.2, -0.15) is 0 Å². The van der Waals surface area contributed by atoms with Gasteiger partial charge in [0.2, 0.25) is 12.6 Å². The molecule has 2 saturated heterocycles. The summed E-state index contributed by atoms with van der Waals surface area (Å²) in [7, 11) is 1.24. The van der Waals surface area contributed by atoms with E-state index in [4.69, 9.17) is 47.4 Å². The summed E-state index contributed by atoms with van der Waals surface area (Å²) in [6.45, 7) is 10.4. The fourth-order valence-electron chi connectivity index (χ4n) is 5.21. The van der Waals surface area contributed by atoms with Crippen molar-refractivity contribution in [2.75, 3.05) is 20.3 Å². The molecule has 44 heavy (non-hydrogen) atoms. The van der Waals surface area contributed by atoms with Gasteiger partial charge >= 0.3 is 29.8 Å². The molecule has 0 amide bonds. The Morgan fingerprint density at radius 1 is 0.909 bits per heavy atom. The van der Waals surface area contributed by atoms with E-state index in [0.717, 1.165) is 20.8 Å². The van der Waals surface area contributed by atoms with E-state index in [9.17, 15) is 24.0 Å². The van der Waals surface area contributed by atoms with Gasteiger partial charge in [-0.1, -0.05) is 6.08 Å². The molecule has 3 aliphatic rings. The van der Waals surface area contributed by atoms with Crippen molar-refractivity contribution in [2.45, 2.75) is 96.9 Å². The second kappa shape index (κ2) is 16.0. The van der Waals surface area contributed by atoms with Crippen LogP contribution in [-0.2, 0) is 71.3 Å². The SMILES string of the molecule is C=C[C@H]1[C@H](O[C@@H]2O[C@H](COC(C)=O)[C@@H](OC(C)=O)[C@H](OC(C)=O)[C@H]2OC(C)=O)OC=C(C(=O)OC)[C@H]1C[C@H]1OCC[C@@H](C)O1. The van der Waals surface area contributed by atoms with Crippen molar-refractivity contribution in [1.29, 1.82) is 0 Å². The molecule has 10 atom stereocenters. The van der Waals surface area contributed by atoms with Crippen LogP contribution in [0.15, 0.2) is 24.5 Å². The van der Waals surface area contributed by atoms with Gasteiger partial charge in [-0.25, -0.2) is 4.79 Å². The topological polar surface area (TPSA) is 178 Å². The smallest absolute Gasteiger partial charge is 0.337 e. The van der Waals surface area contributed by atoms with Crippen molar-refractivity contribution in [3.8, 4) is 0 Å². The van der Waals surface area contributed by atoms with Gasteiger partial charge < -0.3 is 47.4 Å². The molecule has 15 nitrogen and oxygen atoms in total. The summed E-state index contributed by atoms with van der Waals surface area (Å²) in [5, 5.41) is 0. The van der Waals surface area contributed by atoms with Gasteiger partial charge in [0.15, 0.2) is 24.6 Å². The quantitative estimate of drug-likeness (QED) is 0.182. The van der Waals surface area contributed by atoms with Crippen LogP contribution >= 0.6 is 0 Å². The number of rotatable bonds is 11. The molecule has 3 aliphatic heterocycles. The summed E-state index contributed by atoms with van der Waals surface area (Å²) in [5.41, 5.74) is 0.184. The summed E-state index contributed by atoms with van der Waals surface area (Å²) < 4.78 is 56.2. The molecule has 2 fully saturated rings. The number of hydrogen-bond acceptors (Lipinski definition) is 15. The Hall–Kier alpha value is -3.53. The molecule has 0 aromatic heterocycles. The van der Waals surface area contributed by atoms with Gasteiger partial charge in [0.1, 0.15) is 12.7 Å². The van der Waals surface area contributed by atoms with Crippen LogP contribution in [0.25, 0.3) is 0 Å². The third kappa shape index (κ3) is 9.24. The van der Waals surface area contributed by atoms with E-state index in [2.05, 4.69) is 6.58 Å². The number of carbonyl (C=O) groups excluding carboxylic acids is 5. The monoisotopic (exact) mass is 628 g/mol. The lowest BCUT2D eigenvalue weighted by Gasteiger charge is -2.46. The average molecular weight is 629 g/mol. The van der Waals surface area contributed by atoms with E-state index in [0.29, 0.717) is 13.0 Å². The maximum Gasteiger partial charge on any atom is 0.337 e. The van der Waals surface area contributed by atoms with Crippen molar-refractivity contribution in [1.82, 2.24) is 0 Å². The normalized spacial score (nSPS) is 33.5. The van der Waals surface area contributed by atoms with E-state index in [1.54, 1.807) is 0 Å². The summed E-state index contributed by atoms with van der Waals surface area (Å²) in [5.74, 6) is -5.01. The van der Waals surface area contributed by atoms with Gasteiger partial charge in [-0.05, 0) is 13.3 Å². The van der Waals surface area contributed by atoms with Crippen LogP contribution in [0.2, 0.25) is 0 Å². The highest BCUT2D eigenvalue weighted by molar-refractivity contribution is 5.89. The lowest BCUT2D eigenvalue weighted by atomic mass is 9.81. The lowest BCUT2D eigenvalue weighted by Crippen LogP contribution is -2.63. The molecule has 0 saturated carbocycles. The third-order valence-electron chi connectivity index (χ3n) is 7.08. The van der Waals surface area contributed by atoms with Crippen LogP contribution in [0.5, 0.6) is 0 Å². The molecule has 0 aromatic carbocycles. The molecular formula is C29H40O15. The van der Waals surface area contributed by atoms with E-state index in [1.165, 1.54) is 26.4 Å². The molecule has 3 rings (SSSR count). The zero-order valence-corrected chi connectivity index (χ0v) is 25.6. The molecule has 0 radical (unpaired) electrons. The van der Waals surface area contributed by atoms with Crippen molar-refractivity contribution in [3.05, 3.63) is 24.5 Å². The number of hydrogen-bond donors (Lipinski definition) is 0. The van der Waals surface area contributed by atoms with Crippen LogP contribution in [0.1, 0.15) is 47.5 Å². The third-order valence-corrected chi connectivity index (χ3v) is 7.08. The highest BCUT2D eigenvalue weighted by atomic mass is 16.8. The first-order chi connectivity index (χ1) is 20.8. The Kier molecular flexibility index (Phi) is 12.7. The number of ether oxygens (including phenoxy) is 10. The van der Waals surface area contributed by atoms with Crippen molar-refractivity contribution in [2.24, 2.45) is 11.8 Å². The van der Waals surface area contributed by atoms with Crippen LogP contribution in [0, 0.1) is 11.8 Å². The van der Waals surface area contributed by atoms with Gasteiger partial charge in [-0.3, -0.25) is 19.2 Å². The fourth-order valence-corrected chi connectivity index (χ4v) is 5.21. The highest BCUT2D eigenvalue weighted by Gasteiger charge is 2.54. The number of esters is 5. The first-order valence-electron chi connectivity index (χ1n) is 14.1. The Morgan fingerprint density at radius 3 is 2.11 bits per heavy atom. The molecular weight excluding hydrogens is 588 g/mol. The van der Waals surface area contributed by atoms with Crippen LogP contribution < -0.4 is 0 Å². The molecule has 246 valence electrons. The Bertz CT molecular complexity index is 1100. The predicted octanol–water partition coefficient (Wildman–Crippen LogP) is 1.46. The molecule has 0 bridgehead atoms. The minimum atomic E-state index is -1.51. The first-order valence-corrected chi connectivity index (χ1v) is 14.1. The van der Waals surface area contributed by atoms with E-state index in [-0.39, 0.29) is 18.1 Å². The second-order valence-corrected chi connectivity index (χ2v) is 10.5. The lowest BCUT2D eigenvalue weighted by molar-refractivity contribution is -0.342. The fraction of sp³-hybridized carbons (Fsp3) is 0.690. The van der Waals surface area contributed by atoms with Crippen LogP contribution in [0.4, 0.5) is 0 Å². The summed E-state index contributed by atoms with van der Waals surface area (Å²) in [4.78, 5) is 60.7. The van der Waals surface area contributed by atoms with Gasteiger partial charge in [0, 0.05) is 46.0 Å². The molecule has 3 heterocycles. The molecule has 0 aromatic rings. The second-order valence-electron chi connectivity index (χ2n) is 10.5. The molecule has 0 aliphatic carbocycles. The van der Waals surface area contributed by atoms with E-state index < -0.39 is 91.6 Å². The molecule has 15 heteroatoms. The predicted molar refractivity (Wildman–Crippen MR) is 145 cm³/mol. The summed E-state index contributed by atoms with van der Waals surface area (Å²) in [6, 6.07) is 0. The van der Waals surface area contributed by atoms with Gasteiger partial charge in [0.25, 0.3) is 0 Å². The van der Waals surface area contributed by atoms with Crippen LogP contribution in [-0.4, -0.2) is 99.6 Å². The zero-order chi connectivity index (χ0) is 32.6. The maximum atomic E-state index is 12.7. The zero-order valence-electron chi connectivity index (χ0n) is 25.6. The molecule has 0 unspecified atom stereocenters. The minimum absolute atomic E-state index is 0.0639. The van der Waals surface area contributed by atoms with Gasteiger partial charge in [-0.15, -0.1) is 6.58 Å². The van der Waals surface area contributed by atoms with Gasteiger partial charge in [0.05, 0.1) is 31.7 Å². The number of carbonyl (C=O) groups is 5. The average Bonchev–Trinajstić information content (AvgIpc) is 2.94. The largest absolute Gasteiger partial charge is 0.471 e. The minimum Gasteiger partial charge on any atom is -0.471 e. The van der Waals surface area contributed by atoms with Crippen molar-refractivity contribution >= 4 is 29.8 Å². The maximum absolute atomic E-state index is 12.7. The number of methoxy groups -OCH3 is 1. The Morgan fingerprint density at radius 2 is 1.55 bits per heavy atom.